The molecular formula is C11H20N2O3. The number of carbonyl (C=O) groups is 1. The monoisotopic (exact) mass is 228 g/mol. The first-order valence-electron chi connectivity index (χ1n) is 5.15. The molecule has 5 heteroatoms. The van der Waals surface area contributed by atoms with E-state index in [1.54, 1.807) is 26.8 Å². The Morgan fingerprint density at radius 3 is 2.62 bits per heavy atom. The van der Waals surface area contributed by atoms with Crippen LogP contribution in [0.15, 0.2) is 17.8 Å². The molecule has 1 amide bonds. The number of hydrogen-bond donors (Lipinski definition) is 1. The highest BCUT2D eigenvalue weighted by Gasteiger charge is 2.20. The molecular weight excluding hydrogens is 208 g/mol. The van der Waals surface area contributed by atoms with Crippen LogP contribution in [0.25, 0.3) is 0 Å². The lowest BCUT2D eigenvalue weighted by Gasteiger charge is -2.26. The van der Waals surface area contributed by atoms with Gasteiger partial charge in [0, 0.05) is 6.54 Å². The zero-order valence-electron chi connectivity index (χ0n) is 10.1. The van der Waals surface area contributed by atoms with Crippen molar-refractivity contribution in [1.82, 2.24) is 4.90 Å². The SMILES string of the molecule is C=CCCN(CC=NO)C(=O)OC(C)(C)C. The minimum atomic E-state index is -0.528. The van der Waals surface area contributed by atoms with E-state index in [1.807, 2.05) is 0 Å². The van der Waals surface area contributed by atoms with Crippen LogP contribution in [0.1, 0.15) is 27.2 Å². The Hall–Kier alpha value is -1.52. The summed E-state index contributed by atoms with van der Waals surface area (Å²) in [4.78, 5) is 13.1. The Labute approximate surface area is 96.4 Å². The largest absolute Gasteiger partial charge is 0.444 e. The molecule has 1 N–H and O–H groups in total. The van der Waals surface area contributed by atoms with Gasteiger partial charge in [0.2, 0.25) is 0 Å². The molecule has 92 valence electrons. The van der Waals surface area contributed by atoms with Crippen LogP contribution < -0.4 is 0 Å². The molecule has 0 aliphatic rings. The van der Waals surface area contributed by atoms with E-state index in [0.717, 1.165) is 0 Å². The maximum atomic E-state index is 11.7. The van der Waals surface area contributed by atoms with Gasteiger partial charge in [-0.1, -0.05) is 6.08 Å². The van der Waals surface area contributed by atoms with Crippen LogP contribution in [0.2, 0.25) is 0 Å². The van der Waals surface area contributed by atoms with E-state index in [0.29, 0.717) is 13.0 Å². The molecule has 0 bridgehead atoms. The number of ether oxygens (including phenoxy) is 1. The smallest absolute Gasteiger partial charge is 0.410 e. The first kappa shape index (κ1) is 14.5. The summed E-state index contributed by atoms with van der Waals surface area (Å²) in [6.45, 7) is 9.70. The maximum Gasteiger partial charge on any atom is 0.410 e. The first-order valence-corrected chi connectivity index (χ1v) is 5.15. The van der Waals surface area contributed by atoms with Crippen molar-refractivity contribution in [3.8, 4) is 0 Å². The summed E-state index contributed by atoms with van der Waals surface area (Å²) in [5, 5.41) is 11.2. The second-order valence-corrected chi connectivity index (χ2v) is 4.30. The minimum Gasteiger partial charge on any atom is -0.444 e. The number of oxime groups is 1. The third-order valence-corrected chi connectivity index (χ3v) is 1.64. The number of amides is 1. The van der Waals surface area contributed by atoms with Crippen LogP contribution in [0, 0.1) is 0 Å². The molecule has 0 aromatic heterocycles. The van der Waals surface area contributed by atoms with Gasteiger partial charge in [-0.05, 0) is 27.2 Å². The summed E-state index contributed by atoms with van der Waals surface area (Å²) in [6, 6.07) is 0. The van der Waals surface area contributed by atoms with Crippen molar-refractivity contribution in [3.05, 3.63) is 12.7 Å². The van der Waals surface area contributed by atoms with E-state index in [2.05, 4.69) is 11.7 Å². The highest BCUT2D eigenvalue weighted by molar-refractivity contribution is 5.73. The van der Waals surface area contributed by atoms with Crippen molar-refractivity contribution in [2.45, 2.75) is 32.8 Å². The average Bonchev–Trinajstić information content (AvgIpc) is 2.15. The van der Waals surface area contributed by atoms with Gasteiger partial charge in [-0.25, -0.2) is 4.79 Å². The molecule has 0 aromatic rings. The van der Waals surface area contributed by atoms with Gasteiger partial charge in [0.25, 0.3) is 0 Å². The van der Waals surface area contributed by atoms with Crippen molar-refractivity contribution in [3.63, 3.8) is 0 Å². The maximum absolute atomic E-state index is 11.7. The number of carbonyl (C=O) groups excluding carboxylic acids is 1. The molecule has 0 rings (SSSR count). The first-order chi connectivity index (χ1) is 7.40. The fourth-order valence-electron chi connectivity index (χ4n) is 0.966. The topological polar surface area (TPSA) is 62.1 Å². The Balaban J connectivity index is 4.36. The fourth-order valence-corrected chi connectivity index (χ4v) is 0.966. The van der Waals surface area contributed by atoms with Crippen molar-refractivity contribution in [2.24, 2.45) is 5.16 Å². The second kappa shape index (κ2) is 6.87. The van der Waals surface area contributed by atoms with Crippen LogP contribution in [0.5, 0.6) is 0 Å². The van der Waals surface area contributed by atoms with Crippen molar-refractivity contribution in [2.75, 3.05) is 13.1 Å². The van der Waals surface area contributed by atoms with Crippen LogP contribution in [-0.4, -0.2) is 41.1 Å². The van der Waals surface area contributed by atoms with Crippen LogP contribution in [-0.2, 0) is 4.74 Å². The van der Waals surface area contributed by atoms with Gasteiger partial charge in [-0.15, -0.1) is 11.7 Å². The minimum absolute atomic E-state index is 0.221. The molecule has 0 atom stereocenters. The van der Waals surface area contributed by atoms with Crippen LogP contribution in [0.4, 0.5) is 4.79 Å². The molecule has 0 aliphatic heterocycles. The number of hydrogen-bond acceptors (Lipinski definition) is 4. The van der Waals surface area contributed by atoms with Gasteiger partial charge in [0.15, 0.2) is 0 Å². The molecule has 0 unspecified atom stereocenters. The van der Waals surface area contributed by atoms with Gasteiger partial charge in [0.1, 0.15) is 5.60 Å². The molecule has 0 radical (unpaired) electrons. The third kappa shape index (κ3) is 6.86. The summed E-state index contributed by atoms with van der Waals surface area (Å²) < 4.78 is 5.20. The summed E-state index contributed by atoms with van der Waals surface area (Å²) in [6.07, 6.45) is 3.20. The molecule has 0 fully saturated rings. The third-order valence-electron chi connectivity index (χ3n) is 1.64. The van der Waals surface area contributed by atoms with E-state index < -0.39 is 11.7 Å². The lowest BCUT2D eigenvalue weighted by atomic mass is 10.2. The van der Waals surface area contributed by atoms with E-state index in [-0.39, 0.29) is 6.54 Å². The van der Waals surface area contributed by atoms with Gasteiger partial charge in [-0.3, -0.25) is 0 Å². The molecule has 0 aliphatic carbocycles. The molecule has 0 aromatic carbocycles. The van der Waals surface area contributed by atoms with Crippen molar-refractivity contribution in [1.29, 1.82) is 0 Å². The highest BCUT2D eigenvalue weighted by atomic mass is 16.6. The Morgan fingerprint density at radius 2 is 2.19 bits per heavy atom. The lowest BCUT2D eigenvalue weighted by molar-refractivity contribution is 0.0283. The van der Waals surface area contributed by atoms with Crippen molar-refractivity contribution >= 4 is 12.3 Å². The number of nitrogens with zero attached hydrogens (tertiary/aromatic N) is 2. The van der Waals surface area contributed by atoms with Crippen LogP contribution in [0.3, 0.4) is 0 Å². The quantitative estimate of drug-likeness (QED) is 0.340. The summed E-state index contributed by atoms with van der Waals surface area (Å²) in [5.41, 5.74) is -0.528. The summed E-state index contributed by atoms with van der Waals surface area (Å²) in [7, 11) is 0. The van der Waals surface area contributed by atoms with Gasteiger partial charge >= 0.3 is 6.09 Å². The summed E-state index contributed by atoms with van der Waals surface area (Å²) in [5.74, 6) is 0. The second-order valence-electron chi connectivity index (χ2n) is 4.30. The Morgan fingerprint density at radius 1 is 1.56 bits per heavy atom. The van der Waals surface area contributed by atoms with E-state index >= 15 is 0 Å². The lowest BCUT2D eigenvalue weighted by Crippen LogP contribution is -2.38. The number of rotatable bonds is 5. The predicted molar refractivity (Wildman–Crippen MR) is 62.9 cm³/mol. The van der Waals surface area contributed by atoms with Gasteiger partial charge in [-0.2, -0.15) is 0 Å². The normalized spacial score (nSPS) is 11.4. The average molecular weight is 228 g/mol. The summed E-state index contributed by atoms with van der Waals surface area (Å²) >= 11 is 0. The fraction of sp³-hybridized carbons (Fsp3) is 0.636. The Kier molecular flexibility index (Phi) is 6.22. The standard InChI is InChI=1S/C11H20N2O3/c1-5-6-8-13(9-7-12-15)10(14)16-11(2,3)4/h5,7,15H,1,6,8-9H2,2-4H3. The molecule has 0 spiro atoms. The van der Waals surface area contributed by atoms with E-state index in [1.165, 1.54) is 11.1 Å². The molecule has 0 heterocycles. The van der Waals surface area contributed by atoms with Crippen molar-refractivity contribution < 1.29 is 14.7 Å². The molecule has 0 saturated carbocycles. The molecule has 0 saturated heterocycles. The van der Waals surface area contributed by atoms with E-state index in [9.17, 15) is 4.79 Å². The molecule has 16 heavy (non-hydrogen) atoms. The van der Waals surface area contributed by atoms with Gasteiger partial charge in [0.05, 0.1) is 12.8 Å². The zero-order valence-corrected chi connectivity index (χ0v) is 10.1. The highest BCUT2D eigenvalue weighted by Crippen LogP contribution is 2.09. The molecule has 5 nitrogen and oxygen atoms in total. The van der Waals surface area contributed by atoms with E-state index in [4.69, 9.17) is 9.94 Å². The zero-order chi connectivity index (χ0) is 12.6. The van der Waals surface area contributed by atoms with Crippen LogP contribution >= 0.6 is 0 Å². The predicted octanol–water partition coefficient (Wildman–Crippen LogP) is 2.26. The van der Waals surface area contributed by atoms with Gasteiger partial charge < -0.3 is 14.8 Å². The Bertz CT molecular complexity index is 256.